The number of carbonyl (C=O) groups excluding carboxylic acids is 1. The first-order chi connectivity index (χ1) is 7.65. The minimum absolute atomic E-state index is 0.204. The number of benzene rings is 1. The topological polar surface area (TPSA) is 46.5 Å². The SMILES string of the molecule is CC1SCCOC(=O)C1(O)c1ccccc1. The molecule has 1 aliphatic heterocycles. The van der Waals surface area contributed by atoms with Crippen molar-refractivity contribution in [3.8, 4) is 0 Å². The fourth-order valence-corrected chi connectivity index (χ4v) is 2.81. The van der Waals surface area contributed by atoms with E-state index in [0.717, 1.165) is 5.75 Å². The molecule has 1 fully saturated rings. The molecule has 1 aliphatic rings. The van der Waals surface area contributed by atoms with Gasteiger partial charge in [0, 0.05) is 11.0 Å². The first kappa shape index (κ1) is 11.5. The molecular formula is C12H14O3S. The summed E-state index contributed by atoms with van der Waals surface area (Å²) in [5, 5.41) is 10.4. The van der Waals surface area contributed by atoms with Gasteiger partial charge in [-0.25, -0.2) is 4.79 Å². The Labute approximate surface area is 98.8 Å². The summed E-state index contributed by atoms with van der Waals surface area (Å²) < 4.78 is 5.03. The first-order valence-electron chi connectivity index (χ1n) is 5.22. The van der Waals surface area contributed by atoms with Crippen LogP contribution in [0.5, 0.6) is 0 Å². The average molecular weight is 238 g/mol. The number of carbonyl (C=O) groups is 1. The van der Waals surface area contributed by atoms with Gasteiger partial charge in [0.1, 0.15) is 6.61 Å². The van der Waals surface area contributed by atoms with Crippen LogP contribution in [0, 0.1) is 0 Å². The zero-order valence-electron chi connectivity index (χ0n) is 9.05. The highest BCUT2D eigenvalue weighted by atomic mass is 32.2. The molecule has 0 radical (unpaired) electrons. The van der Waals surface area contributed by atoms with Gasteiger partial charge in [-0.15, -0.1) is 0 Å². The van der Waals surface area contributed by atoms with Crippen LogP contribution in [-0.2, 0) is 15.1 Å². The molecule has 0 amide bonds. The summed E-state index contributed by atoms with van der Waals surface area (Å²) in [5.74, 6) is 0.179. The molecule has 1 heterocycles. The average Bonchev–Trinajstić information content (AvgIpc) is 2.45. The van der Waals surface area contributed by atoms with Crippen LogP contribution in [0.4, 0.5) is 0 Å². The standard InChI is InChI=1S/C12H14O3S/c1-9-12(14,10-5-3-2-4-6-10)11(13)15-7-8-16-9/h2-6,9,14H,7-8H2,1H3. The molecular weight excluding hydrogens is 224 g/mol. The molecule has 1 saturated heterocycles. The normalized spacial score (nSPS) is 30.6. The predicted octanol–water partition coefficient (Wildman–Crippen LogP) is 1.55. The minimum atomic E-state index is -1.53. The third-order valence-corrected chi connectivity index (χ3v) is 4.04. The molecule has 0 saturated carbocycles. The van der Waals surface area contributed by atoms with Gasteiger partial charge in [0.15, 0.2) is 5.60 Å². The molecule has 1 aromatic carbocycles. The number of aliphatic hydroxyl groups is 1. The van der Waals surface area contributed by atoms with E-state index in [9.17, 15) is 9.90 Å². The number of ether oxygens (including phenoxy) is 1. The minimum Gasteiger partial charge on any atom is -0.462 e. The van der Waals surface area contributed by atoms with Gasteiger partial charge in [-0.05, 0) is 12.5 Å². The maximum Gasteiger partial charge on any atom is 0.344 e. The number of esters is 1. The van der Waals surface area contributed by atoms with E-state index >= 15 is 0 Å². The van der Waals surface area contributed by atoms with Crippen LogP contribution >= 0.6 is 11.8 Å². The molecule has 2 rings (SSSR count). The van der Waals surface area contributed by atoms with Crippen molar-refractivity contribution in [2.45, 2.75) is 17.8 Å². The van der Waals surface area contributed by atoms with Crippen molar-refractivity contribution in [2.75, 3.05) is 12.4 Å². The van der Waals surface area contributed by atoms with Crippen LogP contribution in [0.25, 0.3) is 0 Å². The molecule has 0 spiro atoms. The number of rotatable bonds is 1. The predicted molar refractivity (Wildman–Crippen MR) is 63.2 cm³/mol. The van der Waals surface area contributed by atoms with Crippen LogP contribution < -0.4 is 0 Å². The van der Waals surface area contributed by atoms with Crippen molar-refractivity contribution in [3.63, 3.8) is 0 Å². The lowest BCUT2D eigenvalue weighted by molar-refractivity contribution is -0.165. The Bertz CT molecular complexity index is 379. The third-order valence-electron chi connectivity index (χ3n) is 2.80. The highest BCUT2D eigenvalue weighted by molar-refractivity contribution is 8.00. The summed E-state index contributed by atoms with van der Waals surface area (Å²) >= 11 is 1.55. The highest BCUT2D eigenvalue weighted by Gasteiger charge is 2.46. The number of cyclic esters (lactones) is 1. The molecule has 16 heavy (non-hydrogen) atoms. The second-order valence-electron chi connectivity index (χ2n) is 3.78. The number of thioether (sulfide) groups is 1. The Morgan fingerprint density at radius 2 is 2.12 bits per heavy atom. The molecule has 4 heteroatoms. The van der Waals surface area contributed by atoms with E-state index in [1.807, 2.05) is 25.1 Å². The Morgan fingerprint density at radius 3 is 2.81 bits per heavy atom. The maximum absolute atomic E-state index is 11.9. The number of hydrogen-bond acceptors (Lipinski definition) is 4. The van der Waals surface area contributed by atoms with E-state index in [2.05, 4.69) is 0 Å². The summed E-state index contributed by atoms with van der Waals surface area (Å²) in [4.78, 5) is 11.9. The van der Waals surface area contributed by atoms with Gasteiger partial charge < -0.3 is 9.84 Å². The molecule has 0 aromatic heterocycles. The molecule has 1 N–H and O–H groups in total. The van der Waals surface area contributed by atoms with Gasteiger partial charge in [-0.3, -0.25) is 0 Å². The van der Waals surface area contributed by atoms with Crippen molar-refractivity contribution in [2.24, 2.45) is 0 Å². The monoisotopic (exact) mass is 238 g/mol. The van der Waals surface area contributed by atoms with Gasteiger partial charge in [0.05, 0.1) is 0 Å². The molecule has 86 valence electrons. The Hall–Kier alpha value is -1.00. The second-order valence-corrected chi connectivity index (χ2v) is 5.23. The third kappa shape index (κ3) is 1.83. The van der Waals surface area contributed by atoms with E-state index in [1.165, 1.54) is 0 Å². The van der Waals surface area contributed by atoms with E-state index in [0.29, 0.717) is 12.2 Å². The van der Waals surface area contributed by atoms with Gasteiger partial charge >= 0.3 is 5.97 Å². The maximum atomic E-state index is 11.9. The van der Waals surface area contributed by atoms with Crippen LogP contribution in [0.15, 0.2) is 30.3 Å². The van der Waals surface area contributed by atoms with Gasteiger partial charge in [-0.2, -0.15) is 11.8 Å². The molecule has 2 unspecified atom stereocenters. The fourth-order valence-electron chi connectivity index (χ4n) is 1.80. The van der Waals surface area contributed by atoms with Crippen molar-refractivity contribution in [1.82, 2.24) is 0 Å². The first-order valence-corrected chi connectivity index (χ1v) is 6.27. The molecule has 1 aromatic rings. The van der Waals surface area contributed by atoms with Crippen molar-refractivity contribution in [1.29, 1.82) is 0 Å². The summed E-state index contributed by atoms with van der Waals surface area (Å²) in [6.07, 6.45) is 0. The van der Waals surface area contributed by atoms with Crippen LogP contribution in [0.3, 0.4) is 0 Å². The van der Waals surface area contributed by atoms with Crippen LogP contribution in [-0.4, -0.2) is 28.7 Å². The van der Waals surface area contributed by atoms with Crippen molar-refractivity contribution >= 4 is 17.7 Å². The van der Waals surface area contributed by atoms with Crippen molar-refractivity contribution in [3.05, 3.63) is 35.9 Å². The number of hydrogen-bond donors (Lipinski definition) is 1. The Balaban J connectivity index is 2.43. The van der Waals surface area contributed by atoms with E-state index < -0.39 is 11.6 Å². The molecule has 0 bridgehead atoms. The summed E-state index contributed by atoms with van der Waals surface area (Å²) in [6.45, 7) is 2.22. The molecule has 3 nitrogen and oxygen atoms in total. The zero-order chi connectivity index (χ0) is 11.6. The van der Waals surface area contributed by atoms with E-state index in [4.69, 9.17) is 4.74 Å². The smallest absolute Gasteiger partial charge is 0.344 e. The summed E-state index contributed by atoms with van der Waals surface area (Å²) in [7, 11) is 0. The molecule has 0 aliphatic carbocycles. The van der Waals surface area contributed by atoms with Crippen molar-refractivity contribution < 1.29 is 14.6 Å². The Kier molecular flexibility index (Phi) is 3.21. The lowest BCUT2D eigenvalue weighted by Crippen LogP contribution is -2.43. The van der Waals surface area contributed by atoms with Gasteiger partial charge in [-0.1, -0.05) is 30.3 Å². The van der Waals surface area contributed by atoms with Gasteiger partial charge in [0.25, 0.3) is 0 Å². The Morgan fingerprint density at radius 1 is 1.44 bits per heavy atom. The van der Waals surface area contributed by atoms with Crippen LogP contribution in [0.1, 0.15) is 12.5 Å². The highest BCUT2D eigenvalue weighted by Crippen LogP contribution is 2.35. The summed E-state index contributed by atoms with van der Waals surface area (Å²) in [5.41, 5.74) is -0.926. The lowest BCUT2D eigenvalue weighted by Gasteiger charge is -2.29. The quantitative estimate of drug-likeness (QED) is 0.754. The summed E-state index contributed by atoms with van der Waals surface area (Å²) in [6, 6.07) is 8.98. The molecule has 2 atom stereocenters. The van der Waals surface area contributed by atoms with Gasteiger partial charge in [0.2, 0.25) is 0 Å². The van der Waals surface area contributed by atoms with Crippen LogP contribution in [0.2, 0.25) is 0 Å². The largest absolute Gasteiger partial charge is 0.462 e. The van der Waals surface area contributed by atoms with E-state index in [1.54, 1.807) is 23.9 Å². The fraction of sp³-hybridized carbons (Fsp3) is 0.417. The second kappa shape index (κ2) is 4.47. The van der Waals surface area contributed by atoms with E-state index in [-0.39, 0.29) is 5.25 Å². The lowest BCUT2D eigenvalue weighted by atomic mass is 9.91. The zero-order valence-corrected chi connectivity index (χ0v) is 9.87.